The summed E-state index contributed by atoms with van der Waals surface area (Å²) in [5, 5.41) is 12.3. The van der Waals surface area contributed by atoms with Crippen molar-refractivity contribution in [2.75, 3.05) is 26.4 Å². The summed E-state index contributed by atoms with van der Waals surface area (Å²) < 4.78 is 10.4. The third-order valence-electron chi connectivity index (χ3n) is 3.66. The van der Waals surface area contributed by atoms with Crippen LogP contribution in [0, 0.1) is 10.8 Å². The van der Waals surface area contributed by atoms with E-state index in [1.807, 2.05) is 20.8 Å². The van der Waals surface area contributed by atoms with E-state index >= 15 is 0 Å². The third-order valence-corrected chi connectivity index (χ3v) is 3.66. The number of aliphatic hydroxyl groups excluding tert-OH is 1. The zero-order valence-corrected chi connectivity index (χ0v) is 11.4. The van der Waals surface area contributed by atoms with E-state index < -0.39 is 11.7 Å². The second kappa shape index (κ2) is 4.38. The molecule has 1 heterocycles. The number of hydrogen-bond donors (Lipinski definition) is 2. The van der Waals surface area contributed by atoms with Crippen molar-refractivity contribution in [1.29, 1.82) is 0 Å². The lowest BCUT2D eigenvalue weighted by Gasteiger charge is -2.59. The predicted octanol–water partition coefficient (Wildman–Crippen LogP) is 1.30. The van der Waals surface area contributed by atoms with E-state index in [0.29, 0.717) is 6.54 Å². The number of hydrogen-bond acceptors (Lipinski definition) is 4. The summed E-state index contributed by atoms with van der Waals surface area (Å²) >= 11 is 0. The van der Waals surface area contributed by atoms with E-state index in [4.69, 9.17) is 9.47 Å². The van der Waals surface area contributed by atoms with Crippen molar-refractivity contribution >= 4 is 6.09 Å². The molecule has 0 radical (unpaired) electrons. The molecule has 18 heavy (non-hydrogen) atoms. The molecule has 2 fully saturated rings. The van der Waals surface area contributed by atoms with Gasteiger partial charge in [-0.25, -0.2) is 4.79 Å². The number of carbonyl (C=O) groups excluding carboxylic acids is 1. The molecular weight excluding hydrogens is 234 g/mol. The first-order valence-electron chi connectivity index (χ1n) is 6.44. The average Bonchev–Trinajstić information content (AvgIpc) is 2.11. The minimum Gasteiger partial charge on any atom is -0.444 e. The van der Waals surface area contributed by atoms with Crippen LogP contribution in [0.5, 0.6) is 0 Å². The van der Waals surface area contributed by atoms with E-state index in [1.165, 1.54) is 0 Å². The summed E-state index contributed by atoms with van der Waals surface area (Å²) in [5.74, 6) is 0. The smallest absolute Gasteiger partial charge is 0.407 e. The second-order valence-corrected chi connectivity index (χ2v) is 6.86. The molecule has 0 unspecified atom stereocenters. The van der Waals surface area contributed by atoms with Gasteiger partial charge in [0.15, 0.2) is 0 Å². The number of amides is 1. The Morgan fingerprint density at radius 1 is 1.39 bits per heavy atom. The van der Waals surface area contributed by atoms with Crippen molar-refractivity contribution in [2.45, 2.75) is 39.2 Å². The van der Waals surface area contributed by atoms with Crippen LogP contribution in [0.25, 0.3) is 0 Å². The van der Waals surface area contributed by atoms with Crippen LogP contribution in [0.4, 0.5) is 4.79 Å². The van der Waals surface area contributed by atoms with Gasteiger partial charge in [-0.15, -0.1) is 0 Å². The summed E-state index contributed by atoms with van der Waals surface area (Å²) in [6.45, 7) is 7.66. The fraction of sp³-hybridized carbons (Fsp3) is 0.923. The van der Waals surface area contributed by atoms with Crippen molar-refractivity contribution in [1.82, 2.24) is 5.32 Å². The third kappa shape index (κ3) is 2.78. The molecule has 5 nitrogen and oxygen atoms in total. The topological polar surface area (TPSA) is 67.8 Å². The highest BCUT2D eigenvalue weighted by molar-refractivity contribution is 5.67. The van der Waals surface area contributed by atoms with Gasteiger partial charge in [-0.05, 0) is 33.6 Å². The van der Waals surface area contributed by atoms with Crippen molar-refractivity contribution in [3.8, 4) is 0 Å². The molecule has 2 N–H and O–H groups in total. The Balaban J connectivity index is 1.77. The van der Waals surface area contributed by atoms with Gasteiger partial charge in [0.2, 0.25) is 0 Å². The molecule has 1 amide bonds. The molecule has 0 atom stereocenters. The number of carbonyl (C=O) groups is 1. The first kappa shape index (κ1) is 13.6. The van der Waals surface area contributed by atoms with Crippen LogP contribution in [0.3, 0.4) is 0 Å². The van der Waals surface area contributed by atoms with Crippen molar-refractivity contribution in [2.24, 2.45) is 10.8 Å². The molecule has 2 rings (SSSR count). The van der Waals surface area contributed by atoms with Crippen LogP contribution >= 0.6 is 0 Å². The molecular formula is C13H23NO4. The Hall–Kier alpha value is -0.810. The molecule has 1 aliphatic heterocycles. The van der Waals surface area contributed by atoms with Gasteiger partial charge in [0.25, 0.3) is 0 Å². The van der Waals surface area contributed by atoms with Crippen molar-refractivity contribution in [3.05, 3.63) is 0 Å². The van der Waals surface area contributed by atoms with Gasteiger partial charge in [0.05, 0.1) is 19.8 Å². The maximum Gasteiger partial charge on any atom is 0.407 e. The van der Waals surface area contributed by atoms with Crippen LogP contribution in [0.2, 0.25) is 0 Å². The van der Waals surface area contributed by atoms with Crippen molar-refractivity contribution < 1.29 is 19.4 Å². The number of ether oxygens (including phenoxy) is 2. The van der Waals surface area contributed by atoms with Gasteiger partial charge >= 0.3 is 6.09 Å². The highest BCUT2D eigenvalue weighted by Crippen LogP contribution is 2.57. The first-order valence-corrected chi connectivity index (χ1v) is 6.44. The average molecular weight is 257 g/mol. The molecule has 0 aromatic heterocycles. The Morgan fingerprint density at radius 2 is 2.00 bits per heavy atom. The fourth-order valence-electron chi connectivity index (χ4n) is 3.00. The lowest BCUT2D eigenvalue weighted by atomic mass is 9.52. The molecule has 1 spiro atoms. The molecule has 1 aliphatic carbocycles. The van der Waals surface area contributed by atoms with E-state index in [1.54, 1.807) is 0 Å². The standard InChI is InChI=1S/C13H23NO4/c1-11(2,3)18-10(16)14-6-12(7-15)4-13(5-12)8-17-9-13/h15H,4-9H2,1-3H3,(H,14,16). The van der Waals surface area contributed by atoms with Crippen LogP contribution < -0.4 is 5.32 Å². The van der Waals surface area contributed by atoms with Crippen molar-refractivity contribution in [3.63, 3.8) is 0 Å². The number of aliphatic hydroxyl groups is 1. The Kier molecular flexibility index (Phi) is 3.32. The predicted molar refractivity (Wildman–Crippen MR) is 66.2 cm³/mol. The van der Waals surface area contributed by atoms with E-state index in [2.05, 4.69) is 5.32 Å². The molecule has 0 bridgehead atoms. The molecule has 0 aromatic carbocycles. The number of nitrogens with one attached hydrogen (secondary N) is 1. The van der Waals surface area contributed by atoms with Gasteiger partial charge in [-0.1, -0.05) is 0 Å². The summed E-state index contributed by atoms with van der Waals surface area (Å²) in [6, 6.07) is 0. The molecule has 104 valence electrons. The second-order valence-electron chi connectivity index (χ2n) is 6.86. The molecule has 2 aliphatic rings. The zero-order chi connectivity index (χ0) is 13.4. The van der Waals surface area contributed by atoms with E-state index in [-0.39, 0.29) is 17.4 Å². The Bertz CT molecular complexity index is 322. The summed E-state index contributed by atoms with van der Waals surface area (Å²) in [7, 11) is 0. The van der Waals surface area contributed by atoms with Crippen LogP contribution in [0.15, 0.2) is 0 Å². The minimum atomic E-state index is -0.487. The summed E-state index contributed by atoms with van der Waals surface area (Å²) in [4.78, 5) is 11.6. The van der Waals surface area contributed by atoms with Gasteiger partial charge < -0.3 is 19.9 Å². The molecule has 1 saturated heterocycles. The van der Waals surface area contributed by atoms with E-state index in [0.717, 1.165) is 26.1 Å². The number of alkyl carbamates (subject to hydrolysis) is 1. The quantitative estimate of drug-likeness (QED) is 0.799. The van der Waals surface area contributed by atoms with Crippen LogP contribution in [0.1, 0.15) is 33.6 Å². The van der Waals surface area contributed by atoms with Gasteiger partial charge in [-0.3, -0.25) is 0 Å². The van der Waals surface area contributed by atoms with Crippen LogP contribution in [-0.4, -0.2) is 43.2 Å². The van der Waals surface area contributed by atoms with Gasteiger partial charge in [-0.2, -0.15) is 0 Å². The Morgan fingerprint density at radius 3 is 2.39 bits per heavy atom. The summed E-state index contributed by atoms with van der Waals surface area (Å²) in [5.41, 5.74) is -0.391. The maximum absolute atomic E-state index is 11.6. The fourth-order valence-corrected chi connectivity index (χ4v) is 3.00. The van der Waals surface area contributed by atoms with Gasteiger partial charge in [0, 0.05) is 17.4 Å². The zero-order valence-electron chi connectivity index (χ0n) is 11.4. The van der Waals surface area contributed by atoms with E-state index in [9.17, 15) is 9.90 Å². The maximum atomic E-state index is 11.6. The molecule has 5 heteroatoms. The lowest BCUT2D eigenvalue weighted by molar-refractivity contribution is -0.218. The summed E-state index contributed by atoms with van der Waals surface area (Å²) in [6.07, 6.45) is 1.43. The Labute approximate surface area is 108 Å². The normalized spacial score (nSPS) is 24.0. The minimum absolute atomic E-state index is 0.102. The highest BCUT2D eigenvalue weighted by atomic mass is 16.6. The number of rotatable bonds is 3. The SMILES string of the molecule is CC(C)(C)OC(=O)NCC1(CO)CC2(COC2)C1. The molecule has 0 aromatic rings. The van der Waals surface area contributed by atoms with Crippen LogP contribution in [-0.2, 0) is 9.47 Å². The van der Waals surface area contributed by atoms with Gasteiger partial charge in [0.1, 0.15) is 5.60 Å². The first-order chi connectivity index (χ1) is 8.28. The monoisotopic (exact) mass is 257 g/mol. The highest BCUT2D eigenvalue weighted by Gasteiger charge is 2.58. The molecule has 1 saturated carbocycles. The lowest BCUT2D eigenvalue weighted by Crippen LogP contribution is -2.62. The largest absolute Gasteiger partial charge is 0.444 e.